The van der Waals surface area contributed by atoms with Gasteiger partial charge < -0.3 is 14.5 Å². The van der Waals surface area contributed by atoms with Crippen LogP contribution in [0.5, 0.6) is 0 Å². The molecular weight excluding hydrogens is 398 g/mol. The molecule has 0 amide bonds. The maximum atomic E-state index is 12.7. The summed E-state index contributed by atoms with van der Waals surface area (Å²) in [6.07, 6.45) is 0. The van der Waals surface area contributed by atoms with Crippen LogP contribution in [0.15, 0.2) is 30.3 Å². The monoisotopic (exact) mass is 423 g/mol. The number of esters is 2. The number of hydrogen-bond donors (Lipinski definition) is 1. The number of aryl methyl sites for hydroxylation is 2. The minimum Gasteiger partial charge on any atom is -0.465 e. The average Bonchev–Trinajstić information content (AvgIpc) is 3.20. The van der Waals surface area contributed by atoms with E-state index in [0.717, 1.165) is 5.56 Å². The third kappa shape index (κ3) is 4.42. The predicted octanol–water partition coefficient (Wildman–Crippen LogP) is 3.32. The highest BCUT2D eigenvalue weighted by atomic mass is 16.5. The number of hydrogen-bond acceptors (Lipinski definition) is 6. The van der Waals surface area contributed by atoms with Gasteiger partial charge in [0.2, 0.25) is 5.78 Å². The molecule has 0 bridgehead atoms. The standard InChI is InChI=1S/C23H25N3O5/c1-13-19(22(28)30-5)14(2)24-21(13)18(27)12-31-23(29)20-15(3)25-26(16(20)4)11-17-9-7-6-8-10-17/h6-10,24H,11-12H2,1-5H3. The van der Waals surface area contributed by atoms with Gasteiger partial charge in [0.15, 0.2) is 6.61 Å². The van der Waals surface area contributed by atoms with Gasteiger partial charge in [-0.15, -0.1) is 0 Å². The van der Waals surface area contributed by atoms with Crippen molar-refractivity contribution in [2.75, 3.05) is 13.7 Å². The fourth-order valence-electron chi connectivity index (χ4n) is 3.62. The van der Waals surface area contributed by atoms with Crippen molar-refractivity contribution in [1.29, 1.82) is 0 Å². The largest absolute Gasteiger partial charge is 0.465 e. The van der Waals surface area contributed by atoms with Crippen LogP contribution in [0.2, 0.25) is 0 Å². The summed E-state index contributed by atoms with van der Waals surface area (Å²) in [6, 6.07) is 9.79. The molecule has 1 aromatic carbocycles. The van der Waals surface area contributed by atoms with Crippen LogP contribution in [0, 0.1) is 27.7 Å². The lowest BCUT2D eigenvalue weighted by Crippen LogP contribution is -2.17. The van der Waals surface area contributed by atoms with E-state index >= 15 is 0 Å². The van der Waals surface area contributed by atoms with Crippen LogP contribution in [0.1, 0.15) is 59.4 Å². The van der Waals surface area contributed by atoms with Crippen molar-refractivity contribution in [3.8, 4) is 0 Å². The third-order valence-electron chi connectivity index (χ3n) is 5.20. The predicted molar refractivity (Wildman–Crippen MR) is 113 cm³/mol. The maximum absolute atomic E-state index is 12.7. The summed E-state index contributed by atoms with van der Waals surface area (Å²) in [5, 5.41) is 4.44. The van der Waals surface area contributed by atoms with Crippen molar-refractivity contribution in [2.45, 2.75) is 34.2 Å². The van der Waals surface area contributed by atoms with Gasteiger partial charge in [0, 0.05) is 5.69 Å². The quantitative estimate of drug-likeness (QED) is 0.462. The average molecular weight is 423 g/mol. The summed E-state index contributed by atoms with van der Waals surface area (Å²) in [5.74, 6) is -1.58. The zero-order chi connectivity index (χ0) is 22.7. The van der Waals surface area contributed by atoms with E-state index < -0.39 is 24.3 Å². The Hall–Kier alpha value is -3.68. The molecule has 0 spiro atoms. The molecule has 0 atom stereocenters. The molecular formula is C23H25N3O5. The SMILES string of the molecule is COC(=O)c1c(C)[nH]c(C(=O)COC(=O)c2c(C)nn(Cc3ccccc3)c2C)c1C. The Kier molecular flexibility index (Phi) is 6.39. The highest BCUT2D eigenvalue weighted by molar-refractivity contribution is 6.03. The first kappa shape index (κ1) is 22.0. The van der Waals surface area contributed by atoms with Gasteiger partial charge in [-0.25, -0.2) is 9.59 Å². The third-order valence-corrected chi connectivity index (χ3v) is 5.20. The van der Waals surface area contributed by atoms with E-state index in [1.807, 2.05) is 30.3 Å². The highest BCUT2D eigenvalue weighted by Crippen LogP contribution is 2.20. The molecule has 0 radical (unpaired) electrons. The summed E-state index contributed by atoms with van der Waals surface area (Å²) in [7, 11) is 1.28. The van der Waals surface area contributed by atoms with Gasteiger partial charge in [-0.3, -0.25) is 9.48 Å². The lowest BCUT2D eigenvalue weighted by Gasteiger charge is -2.07. The van der Waals surface area contributed by atoms with Gasteiger partial charge in [-0.2, -0.15) is 5.10 Å². The summed E-state index contributed by atoms with van der Waals surface area (Å²) in [6.45, 7) is 6.92. The molecule has 3 rings (SSSR count). The van der Waals surface area contributed by atoms with E-state index in [-0.39, 0.29) is 5.69 Å². The second-order valence-corrected chi connectivity index (χ2v) is 7.30. The Morgan fingerprint density at radius 3 is 2.32 bits per heavy atom. The Morgan fingerprint density at radius 2 is 1.68 bits per heavy atom. The van der Waals surface area contributed by atoms with E-state index in [2.05, 4.69) is 10.1 Å². The number of aromatic nitrogens is 3. The lowest BCUT2D eigenvalue weighted by molar-refractivity contribution is 0.0471. The Bertz CT molecular complexity index is 1140. The summed E-state index contributed by atoms with van der Waals surface area (Å²) in [4.78, 5) is 40.1. The molecule has 2 heterocycles. The lowest BCUT2D eigenvalue weighted by atomic mass is 10.1. The summed E-state index contributed by atoms with van der Waals surface area (Å²) in [5.41, 5.74) is 4.12. The highest BCUT2D eigenvalue weighted by Gasteiger charge is 2.25. The number of methoxy groups -OCH3 is 1. The first-order valence-electron chi connectivity index (χ1n) is 9.80. The summed E-state index contributed by atoms with van der Waals surface area (Å²) >= 11 is 0. The van der Waals surface area contributed by atoms with E-state index in [4.69, 9.17) is 9.47 Å². The van der Waals surface area contributed by atoms with Gasteiger partial charge in [0.25, 0.3) is 0 Å². The normalized spacial score (nSPS) is 10.7. The molecule has 0 fully saturated rings. The summed E-state index contributed by atoms with van der Waals surface area (Å²) < 4.78 is 11.8. The van der Waals surface area contributed by atoms with Gasteiger partial charge >= 0.3 is 11.9 Å². The molecule has 8 nitrogen and oxygen atoms in total. The fraction of sp³-hybridized carbons (Fsp3) is 0.304. The van der Waals surface area contributed by atoms with Crippen LogP contribution < -0.4 is 0 Å². The Balaban J connectivity index is 1.73. The Labute approximate surface area is 180 Å². The van der Waals surface area contributed by atoms with Gasteiger partial charge in [0.1, 0.15) is 5.56 Å². The first-order valence-corrected chi connectivity index (χ1v) is 9.80. The number of carbonyl (C=O) groups is 3. The van der Waals surface area contributed by atoms with E-state index in [0.29, 0.717) is 40.3 Å². The number of Topliss-reactive ketones (excluding diaryl/α,β-unsaturated/α-hetero) is 1. The van der Waals surface area contributed by atoms with Crippen molar-refractivity contribution in [3.63, 3.8) is 0 Å². The second kappa shape index (κ2) is 8.99. The van der Waals surface area contributed by atoms with Crippen molar-refractivity contribution >= 4 is 17.7 Å². The minimum absolute atomic E-state index is 0.221. The maximum Gasteiger partial charge on any atom is 0.342 e. The molecule has 0 saturated heterocycles. The van der Waals surface area contributed by atoms with Crippen molar-refractivity contribution < 1.29 is 23.9 Å². The molecule has 162 valence electrons. The van der Waals surface area contributed by atoms with Crippen LogP contribution in [0.25, 0.3) is 0 Å². The van der Waals surface area contributed by atoms with Crippen molar-refractivity contribution in [1.82, 2.24) is 14.8 Å². The smallest absolute Gasteiger partial charge is 0.342 e. The van der Waals surface area contributed by atoms with Crippen LogP contribution >= 0.6 is 0 Å². The first-order chi connectivity index (χ1) is 14.7. The number of benzene rings is 1. The van der Waals surface area contributed by atoms with Crippen molar-refractivity contribution in [3.05, 3.63) is 75.4 Å². The molecule has 31 heavy (non-hydrogen) atoms. The van der Waals surface area contributed by atoms with E-state index in [9.17, 15) is 14.4 Å². The number of nitrogens with one attached hydrogen (secondary N) is 1. The molecule has 0 aliphatic rings. The van der Waals surface area contributed by atoms with E-state index in [1.54, 1.807) is 32.4 Å². The molecule has 2 aromatic heterocycles. The molecule has 0 unspecified atom stereocenters. The number of H-pyrrole nitrogens is 1. The topological polar surface area (TPSA) is 103 Å². The number of rotatable bonds is 7. The van der Waals surface area contributed by atoms with Gasteiger partial charge in [-0.1, -0.05) is 30.3 Å². The minimum atomic E-state index is -0.614. The molecule has 1 N–H and O–H groups in total. The molecule has 0 saturated carbocycles. The van der Waals surface area contributed by atoms with Crippen LogP contribution in [0.3, 0.4) is 0 Å². The second-order valence-electron chi connectivity index (χ2n) is 7.30. The number of ketones is 1. The zero-order valence-corrected chi connectivity index (χ0v) is 18.2. The molecule has 8 heteroatoms. The Morgan fingerprint density at radius 1 is 1.00 bits per heavy atom. The zero-order valence-electron chi connectivity index (χ0n) is 18.2. The van der Waals surface area contributed by atoms with Gasteiger partial charge in [-0.05, 0) is 38.8 Å². The van der Waals surface area contributed by atoms with Crippen LogP contribution in [-0.2, 0) is 16.0 Å². The fourth-order valence-corrected chi connectivity index (χ4v) is 3.62. The van der Waals surface area contributed by atoms with Crippen molar-refractivity contribution in [2.24, 2.45) is 0 Å². The van der Waals surface area contributed by atoms with Crippen LogP contribution in [-0.4, -0.2) is 46.2 Å². The number of aromatic amines is 1. The van der Waals surface area contributed by atoms with Gasteiger partial charge in [0.05, 0.1) is 36.3 Å². The number of carbonyl (C=O) groups excluding carboxylic acids is 3. The number of ether oxygens (including phenoxy) is 2. The molecule has 0 aliphatic carbocycles. The van der Waals surface area contributed by atoms with Crippen LogP contribution in [0.4, 0.5) is 0 Å². The van der Waals surface area contributed by atoms with E-state index in [1.165, 1.54) is 7.11 Å². The molecule has 0 aliphatic heterocycles. The molecule has 3 aromatic rings. The number of nitrogens with zero attached hydrogens (tertiary/aromatic N) is 2.